The third-order valence-electron chi connectivity index (χ3n) is 2.61. The number of aromatic nitrogens is 1. The molecule has 2 rings (SSSR count). The molecule has 4 heteroatoms. The normalized spacial score (nSPS) is 12.6. The van der Waals surface area contributed by atoms with Gasteiger partial charge in [0, 0.05) is 22.4 Å². The lowest BCUT2D eigenvalue weighted by atomic mass is 10.1. The molecule has 96 valence electrons. The van der Waals surface area contributed by atoms with Crippen molar-refractivity contribution in [2.75, 3.05) is 5.75 Å². The highest BCUT2D eigenvalue weighted by molar-refractivity contribution is 7.99. The average molecular weight is 279 g/mol. The topological polar surface area (TPSA) is 33.1 Å². The van der Waals surface area contributed by atoms with Gasteiger partial charge in [-0.1, -0.05) is 19.1 Å². The van der Waals surface area contributed by atoms with Crippen LogP contribution in [0, 0.1) is 6.92 Å². The standard InChI is InChI=1S/C14H17NOS2/c1-3-17-12-6-4-11(5-7-12)13(16)8-14-15-10(2)9-18-14/h4-7,9,13,16H,3,8H2,1-2H3. The van der Waals surface area contributed by atoms with Crippen LogP contribution < -0.4 is 0 Å². The summed E-state index contributed by atoms with van der Waals surface area (Å²) in [6.07, 6.45) is 0.134. The van der Waals surface area contributed by atoms with Crippen molar-refractivity contribution < 1.29 is 5.11 Å². The number of thiazole rings is 1. The van der Waals surface area contributed by atoms with E-state index in [1.807, 2.05) is 36.2 Å². The fraction of sp³-hybridized carbons (Fsp3) is 0.357. The summed E-state index contributed by atoms with van der Waals surface area (Å²) in [5.74, 6) is 1.07. The highest BCUT2D eigenvalue weighted by Crippen LogP contribution is 2.24. The Bertz CT molecular complexity index is 493. The highest BCUT2D eigenvalue weighted by atomic mass is 32.2. The van der Waals surface area contributed by atoms with E-state index in [0.29, 0.717) is 6.42 Å². The molecule has 0 saturated carbocycles. The van der Waals surface area contributed by atoms with Crippen LogP contribution in [0.3, 0.4) is 0 Å². The van der Waals surface area contributed by atoms with Crippen molar-refractivity contribution >= 4 is 23.1 Å². The van der Waals surface area contributed by atoms with Crippen molar-refractivity contribution in [3.63, 3.8) is 0 Å². The molecule has 1 atom stereocenters. The Kier molecular flexibility index (Phi) is 4.80. The predicted molar refractivity (Wildman–Crippen MR) is 78.4 cm³/mol. The number of thioether (sulfide) groups is 1. The lowest BCUT2D eigenvalue weighted by molar-refractivity contribution is 0.178. The third-order valence-corrected chi connectivity index (χ3v) is 4.49. The van der Waals surface area contributed by atoms with Gasteiger partial charge >= 0.3 is 0 Å². The summed E-state index contributed by atoms with van der Waals surface area (Å²) in [5.41, 5.74) is 1.99. The summed E-state index contributed by atoms with van der Waals surface area (Å²) in [4.78, 5) is 5.63. The Morgan fingerprint density at radius 1 is 1.33 bits per heavy atom. The molecule has 0 saturated heterocycles. The predicted octanol–water partition coefficient (Wildman–Crippen LogP) is 3.84. The van der Waals surface area contributed by atoms with Crippen LogP contribution in [0.1, 0.15) is 29.3 Å². The van der Waals surface area contributed by atoms with E-state index in [4.69, 9.17) is 0 Å². The first-order valence-corrected chi connectivity index (χ1v) is 7.87. The summed E-state index contributed by atoms with van der Waals surface area (Å²) >= 11 is 3.42. The number of aliphatic hydroxyl groups excluding tert-OH is 1. The molecule has 0 aliphatic carbocycles. The second-order valence-electron chi connectivity index (χ2n) is 4.10. The Balaban J connectivity index is 2.02. The highest BCUT2D eigenvalue weighted by Gasteiger charge is 2.10. The van der Waals surface area contributed by atoms with E-state index in [-0.39, 0.29) is 0 Å². The van der Waals surface area contributed by atoms with Crippen molar-refractivity contribution in [3.05, 3.63) is 45.9 Å². The number of hydrogen-bond donors (Lipinski definition) is 1. The van der Waals surface area contributed by atoms with Crippen molar-refractivity contribution in [3.8, 4) is 0 Å². The summed E-state index contributed by atoms with van der Waals surface area (Å²) in [6.45, 7) is 4.11. The largest absolute Gasteiger partial charge is 0.388 e. The second-order valence-corrected chi connectivity index (χ2v) is 6.38. The van der Waals surface area contributed by atoms with Gasteiger partial charge in [-0.3, -0.25) is 0 Å². The SMILES string of the molecule is CCSc1ccc(C(O)Cc2nc(C)cs2)cc1. The van der Waals surface area contributed by atoms with Crippen LogP contribution in [0.4, 0.5) is 0 Å². The number of aryl methyl sites for hydroxylation is 1. The van der Waals surface area contributed by atoms with Gasteiger partial charge in [0.25, 0.3) is 0 Å². The Morgan fingerprint density at radius 2 is 2.06 bits per heavy atom. The molecule has 0 radical (unpaired) electrons. The first kappa shape index (κ1) is 13.6. The maximum absolute atomic E-state index is 10.2. The van der Waals surface area contributed by atoms with Crippen molar-refractivity contribution in [2.45, 2.75) is 31.3 Å². The van der Waals surface area contributed by atoms with Gasteiger partial charge in [0.2, 0.25) is 0 Å². The minimum absolute atomic E-state index is 0.462. The first-order valence-electron chi connectivity index (χ1n) is 6.01. The quantitative estimate of drug-likeness (QED) is 0.844. The zero-order valence-corrected chi connectivity index (χ0v) is 12.2. The van der Waals surface area contributed by atoms with Crippen LogP contribution in [-0.4, -0.2) is 15.8 Å². The zero-order valence-electron chi connectivity index (χ0n) is 10.6. The Labute approximate surface area is 116 Å². The number of benzene rings is 1. The minimum Gasteiger partial charge on any atom is -0.388 e. The van der Waals surface area contributed by atoms with Crippen LogP contribution in [0.25, 0.3) is 0 Å². The van der Waals surface area contributed by atoms with Gasteiger partial charge in [-0.05, 0) is 30.4 Å². The van der Waals surface area contributed by atoms with Crippen LogP contribution in [0.5, 0.6) is 0 Å². The maximum Gasteiger partial charge on any atom is 0.0957 e. The van der Waals surface area contributed by atoms with E-state index in [0.717, 1.165) is 22.0 Å². The van der Waals surface area contributed by atoms with Gasteiger partial charge in [0.1, 0.15) is 0 Å². The summed E-state index contributed by atoms with van der Waals surface area (Å²) in [7, 11) is 0. The fourth-order valence-corrected chi connectivity index (χ4v) is 3.20. The van der Waals surface area contributed by atoms with Crippen LogP contribution >= 0.6 is 23.1 Å². The molecule has 0 bridgehead atoms. The third kappa shape index (κ3) is 3.57. The van der Waals surface area contributed by atoms with E-state index in [9.17, 15) is 5.11 Å². The molecule has 0 amide bonds. The van der Waals surface area contributed by atoms with Crippen LogP contribution in [0.2, 0.25) is 0 Å². The number of nitrogens with zero attached hydrogens (tertiary/aromatic N) is 1. The van der Waals surface area contributed by atoms with E-state index in [1.54, 1.807) is 11.3 Å². The van der Waals surface area contributed by atoms with Crippen molar-refractivity contribution in [1.29, 1.82) is 0 Å². The molecule has 2 nitrogen and oxygen atoms in total. The number of rotatable bonds is 5. The lowest BCUT2D eigenvalue weighted by Crippen LogP contribution is -2.01. The number of aliphatic hydroxyl groups is 1. The smallest absolute Gasteiger partial charge is 0.0957 e. The molecule has 18 heavy (non-hydrogen) atoms. The fourth-order valence-electron chi connectivity index (χ4n) is 1.73. The molecule has 0 fully saturated rings. The summed E-state index contributed by atoms with van der Waals surface area (Å²) in [6, 6.07) is 8.14. The molecular formula is C14H17NOS2. The molecule has 0 aliphatic rings. The second kappa shape index (κ2) is 6.36. The van der Waals surface area contributed by atoms with E-state index in [2.05, 4.69) is 24.0 Å². The lowest BCUT2D eigenvalue weighted by Gasteiger charge is -2.09. The van der Waals surface area contributed by atoms with Gasteiger partial charge in [-0.15, -0.1) is 23.1 Å². The molecule has 0 aliphatic heterocycles. The zero-order chi connectivity index (χ0) is 13.0. The summed E-state index contributed by atoms with van der Waals surface area (Å²) in [5, 5.41) is 13.2. The van der Waals surface area contributed by atoms with E-state index in [1.165, 1.54) is 4.90 Å². The molecule has 1 unspecified atom stereocenters. The monoisotopic (exact) mass is 279 g/mol. The molecule has 1 aromatic heterocycles. The van der Waals surface area contributed by atoms with Crippen LogP contribution in [0.15, 0.2) is 34.5 Å². The van der Waals surface area contributed by atoms with Gasteiger partial charge < -0.3 is 5.11 Å². The van der Waals surface area contributed by atoms with Crippen LogP contribution in [-0.2, 0) is 6.42 Å². The molecule has 1 aromatic carbocycles. The van der Waals surface area contributed by atoms with Gasteiger partial charge in [-0.2, -0.15) is 0 Å². The van der Waals surface area contributed by atoms with Crippen molar-refractivity contribution in [2.24, 2.45) is 0 Å². The molecule has 0 spiro atoms. The minimum atomic E-state index is -0.462. The Hall–Kier alpha value is -0.840. The average Bonchev–Trinajstić information content (AvgIpc) is 2.76. The van der Waals surface area contributed by atoms with Crippen molar-refractivity contribution in [1.82, 2.24) is 4.98 Å². The molecule has 2 aromatic rings. The molecule has 1 heterocycles. The van der Waals surface area contributed by atoms with Gasteiger partial charge in [-0.25, -0.2) is 4.98 Å². The first-order chi connectivity index (χ1) is 8.69. The Morgan fingerprint density at radius 3 is 2.61 bits per heavy atom. The van der Waals surface area contributed by atoms with Gasteiger partial charge in [0.15, 0.2) is 0 Å². The molecular weight excluding hydrogens is 262 g/mol. The number of hydrogen-bond acceptors (Lipinski definition) is 4. The maximum atomic E-state index is 10.2. The van der Waals surface area contributed by atoms with Gasteiger partial charge in [0.05, 0.1) is 11.1 Å². The summed E-state index contributed by atoms with van der Waals surface area (Å²) < 4.78 is 0. The van der Waals surface area contributed by atoms with E-state index >= 15 is 0 Å². The van der Waals surface area contributed by atoms with E-state index < -0.39 is 6.10 Å². The molecule has 1 N–H and O–H groups in total.